The summed E-state index contributed by atoms with van der Waals surface area (Å²) in [6, 6.07) is 0.0677. The molecular formula is C13H26N2O. The molecule has 3 nitrogen and oxygen atoms in total. The standard InChI is InChI=1S/C13H26N2O/c1-4-6-12(14)13(16)15-9-10(2)7-5-8-11(15)3/h10-12H,4-9,14H2,1-3H3. The summed E-state index contributed by atoms with van der Waals surface area (Å²) in [6.07, 6.45) is 5.36. The van der Waals surface area contributed by atoms with E-state index in [4.69, 9.17) is 5.73 Å². The Morgan fingerprint density at radius 3 is 2.75 bits per heavy atom. The van der Waals surface area contributed by atoms with Crippen LogP contribution in [-0.4, -0.2) is 29.4 Å². The van der Waals surface area contributed by atoms with E-state index in [0.29, 0.717) is 12.0 Å². The first-order valence-corrected chi connectivity index (χ1v) is 6.62. The summed E-state index contributed by atoms with van der Waals surface area (Å²) in [6.45, 7) is 7.33. The zero-order valence-corrected chi connectivity index (χ0v) is 10.9. The van der Waals surface area contributed by atoms with Gasteiger partial charge in [0.25, 0.3) is 0 Å². The lowest BCUT2D eigenvalue weighted by Gasteiger charge is -2.31. The summed E-state index contributed by atoms with van der Waals surface area (Å²) >= 11 is 0. The van der Waals surface area contributed by atoms with Gasteiger partial charge in [-0.1, -0.05) is 26.7 Å². The third-order valence-corrected chi connectivity index (χ3v) is 3.56. The Kier molecular flexibility index (Phi) is 5.26. The van der Waals surface area contributed by atoms with Crippen molar-refractivity contribution in [1.82, 2.24) is 4.90 Å². The van der Waals surface area contributed by atoms with Crippen LogP contribution in [0.2, 0.25) is 0 Å². The molecule has 3 atom stereocenters. The van der Waals surface area contributed by atoms with Gasteiger partial charge in [-0.25, -0.2) is 0 Å². The van der Waals surface area contributed by atoms with Crippen molar-refractivity contribution in [1.29, 1.82) is 0 Å². The van der Waals surface area contributed by atoms with Gasteiger partial charge in [0.2, 0.25) is 5.91 Å². The minimum atomic E-state index is -0.294. The van der Waals surface area contributed by atoms with Gasteiger partial charge in [0.1, 0.15) is 0 Å². The maximum atomic E-state index is 12.2. The molecule has 3 heteroatoms. The molecule has 0 saturated carbocycles. The Bertz CT molecular complexity index is 230. The number of rotatable bonds is 3. The van der Waals surface area contributed by atoms with Crippen LogP contribution in [0.15, 0.2) is 0 Å². The smallest absolute Gasteiger partial charge is 0.239 e. The molecule has 16 heavy (non-hydrogen) atoms. The van der Waals surface area contributed by atoms with Gasteiger partial charge in [0.05, 0.1) is 6.04 Å². The number of carbonyl (C=O) groups excluding carboxylic acids is 1. The maximum absolute atomic E-state index is 12.2. The second-order valence-electron chi connectivity index (χ2n) is 5.27. The molecular weight excluding hydrogens is 200 g/mol. The molecule has 1 aliphatic heterocycles. The average molecular weight is 226 g/mol. The molecule has 1 rings (SSSR count). The van der Waals surface area contributed by atoms with Crippen molar-refractivity contribution in [3.63, 3.8) is 0 Å². The van der Waals surface area contributed by atoms with E-state index >= 15 is 0 Å². The fourth-order valence-corrected chi connectivity index (χ4v) is 2.48. The van der Waals surface area contributed by atoms with E-state index in [0.717, 1.165) is 25.8 Å². The number of nitrogens with two attached hydrogens (primary N) is 1. The van der Waals surface area contributed by atoms with Crippen LogP contribution in [0.1, 0.15) is 52.9 Å². The van der Waals surface area contributed by atoms with Crippen LogP contribution < -0.4 is 5.73 Å². The van der Waals surface area contributed by atoms with E-state index in [2.05, 4.69) is 20.8 Å². The van der Waals surface area contributed by atoms with E-state index in [9.17, 15) is 4.79 Å². The molecule has 0 spiro atoms. The van der Waals surface area contributed by atoms with Crippen molar-refractivity contribution in [3.05, 3.63) is 0 Å². The molecule has 0 aliphatic carbocycles. The van der Waals surface area contributed by atoms with Crippen LogP contribution in [-0.2, 0) is 4.79 Å². The van der Waals surface area contributed by atoms with E-state index in [-0.39, 0.29) is 11.9 Å². The minimum absolute atomic E-state index is 0.156. The van der Waals surface area contributed by atoms with E-state index < -0.39 is 0 Å². The summed E-state index contributed by atoms with van der Waals surface area (Å²) in [5, 5.41) is 0. The lowest BCUT2D eigenvalue weighted by atomic mass is 10.1. The Balaban J connectivity index is 2.63. The lowest BCUT2D eigenvalue weighted by molar-refractivity contribution is -0.135. The predicted molar refractivity (Wildman–Crippen MR) is 67.1 cm³/mol. The van der Waals surface area contributed by atoms with E-state index in [1.165, 1.54) is 12.8 Å². The van der Waals surface area contributed by atoms with Gasteiger partial charge in [-0.05, 0) is 32.1 Å². The second kappa shape index (κ2) is 6.24. The summed E-state index contributed by atoms with van der Waals surface area (Å²) < 4.78 is 0. The molecule has 0 aromatic rings. The van der Waals surface area contributed by atoms with Crippen LogP contribution in [0.3, 0.4) is 0 Å². The SMILES string of the molecule is CCCC(N)C(=O)N1CC(C)CCCC1C. The van der Waals surface area contributed by atoms with Crippen LogP contribution in [0.5, 0.6) is 0 Å². The van der Waals surface area contributed by atoms with Crippen molar-refractivity contribution < 1.29 is 4.79 Å². The molecule has 0 radical (unpaired) electrons. The molecule has 0 bridgehead atoms. The first-order valence-electron chi connectivity index (χ1n) is 6.62. The highest BCUT2D eigenvalue weighted by atomic mass is 16.2. The number of likely N-dealkylation sites (tertiary alicyclic amines) is 1. The zero-order chi connectivity index (χ0) is 12.1. The summed E-state index contributed by atoms with van der Waals surface area (Å²) in [5.41, 5.74) is 5.93. The highest BCUT2D eigenvalue weighted by Crippen LogP contribution is 2.21. The van der Waals surface area contributed by atoms with E-state index in [1.54, 1.807) is 0 Å². The fourth-order valence-electron chi connectivity index (χ4n) is 2.48. The normalized spacial score (nSPS) is 28.6. The summed E-state index contributed by atoms with van der Waals surface area (Å²) in [5.74, 6) is 0.769. The van der Waals surface area contributed by atoms with Crippen LogP contribution in [0, 0.1) is 5.92 Å². The van der Waals surface area contributed by atoms with Crippen molar-refractivity contribution in [3.8, 4) is 0 Å². The molecule has 3 unspecified atom stereocenters. The molecule has 1 fully saturated rings. The van der Waals surface area contributed by atoms with Crippen LogP contribution >= 0.6 is 0 Å². The molecule has 1 aliphatic rings. The van der Waals surface area contributed by atoms with Crippen molar-refractivity contribution in [2.75, 3.05) is 6.54 Å². The van der Waals surface area contributed by atoms with Gasteiger partial charge in [-0.2, -0.15) is 0 Å². The van der Waals surface area contributed by atoms with Gasteiger partial charge >= 0.3 is 0 Å². The highest BCUT2D eigenvalue weighted by Gasteiger charge is 2.27. The Hall–Kier alpha value is -0.570. The van der Waals surface area contributed by atoms with Gasteiger partial charge in [0.15, 0.2) is 0 Å². The topological polar surface area (TPSA) is 46.3 Å². The first kappa shape index (κ1) is 13.5. The van der Waals surface area contributed by atoms with Crippen molar-refractivity contribution >= 4 is 5.91 Å². The predicted octanol–water partition coefficient (Wildman–Crippen LogP) is 2.15. The molecule has 1 saturated heterocycles. The number of carbonyl (C=O) groups is 1. The molecule has 1 amide bonds. The Morgan fingerprint density at radius 2 is 2.12 bits per heavy atom. The number of hydrogen-bond donors (Lipinski definition) is 1. The number of hydrogen-bond acceptors (Lipinski definition) is 2. The Labute approximate surface area is 99.4 Å². The van der Waals surface area contributed by atoms with E-state index in [1.807, 2.05) is 4.90 Å². The molecule has 1 heterocycles. The first-order chi connectivity index (χ1) is 7.56. The summed E-state index contributed by atoms with van der Waals surface area (Å²) in [7, 11) is 0. The van der Waals surface area contributed by atoms with Crippen LogP contribution in [0.25, 0.3) is 0 Å². The number of amides is 1. The molecule has 0 aromatic heterocycles. The molecule has 94 valence electrons. The van der Waals surface area contributed by atoms with Crippen molar-refractivity contribution in [2.24, 2.45) is 11.7 Å². The third-order valence-electron chi connectivity index (χ3n) is 3.56. The van der Waals surface area contributed by atoms with Gasteiger partial charge in [-0.3, -0.25) is 4.79 Å². The zero-order valence-electron chi connectivity index (χ0n) is 10.9. The second-order valence-corrected chi connectivity index (χ2v) is 5.27. The van der Waals surface area contributed by atoms with Crippen LogP contribution in [0.4, 0.5) is 0 Å². The lowest BCUT2D eigenvalue weighted by Crippen LogP contribution is -2.48. The third kappa shape index (κ3) is 3.48. The van der Waals surface area contributed by atoms with Gasteiger partial charge in [0, 0.05) is 12.6 Å². The van der Waals surface area contributed by atoms with Gasteiger partial charge in [-0.15, -0.1) is 0 Å². The minimum Gasteiger partial charge on any atom is -0.338 e. The average Bonchev–Trinajstić information content (AvgIpc) is 2.40. The monoisotopic (exact) mass is 226 g/mol. The molecule has 2 N–H and O–H groups in total. The highest BCUT2D eigenvalue weighted by molar-refractivity contribution is 5.81. The molecule has 0 aromatic carbocycles. The maximum Gasteiger partial charge on any atom is 0.239 e. The quantitative estimate of drug-likeness (QED) is 0.801. The summed E-state index contributed by atoms with van der Waals surface area (Å²) in [4.78, 5) is 14.2. The largest absolute Gasteiger partial charge is 0.338 e. The Morgan fingerprint density at radius 1 is 1.44 bits per heavy atom. The van der Waals surface area contributed by atoms with Gasteiger partial charge < -0.3 is 10.6 Å². The fraction of sp³-hybridized carbons (Fsp3) is 0.923. The van der Waals surface area contributed by atoms with Crippen molar-refractivity contribution in [2.45, 2.75) is 65.0 Å². The number of nitrogens with zero attached hydrogens (tertiary/aromatic N) is 1.